The largest absolute Gasteiger partial charge is 0.490 e. The lowest BCUT2D eigenvalue weighted by atomic mass is 9.87. The van der Waals surface area contributed by atoms with Gasteiger partial charge in [0, 0.05) is 0 Å². The van der Waals surface area contributed by atoms with Crippen LogP contribution in [0.3, 0.4) is 0 Å². The number of hydrogen-bond acceptors (Lipinski definition) is 2. The summed E-state index contributed by atoms with van der Waals surface area (Å²) in [5.41, 5.74) is 0.406. The molecule has 0 heterocycles. The molecule has 0 amide bonds. The zero-order valence-corrected chi connectivity index (χ0v) is 11.1. The molecule has 0 radical (unpaired) electrons. The highest BCUT2D eigenvalue weighted by atomic mass is 35.5. The van der Waals surface area contributed by atoms with Crippen molar-refractivity contribution >= 4 is 23.3 Å². The van der Waals surface area contributed by atoms with Crippen molar-refractivity contribution in [2.24, 2.45) is 5.92 Å². The number of hydrogen-bond donors (Lipinski definition) is 1. The van der Waals surface area contributed by atoms with E-state index in [1.807, 2.05) is 0 Å². The smallest absolute Gasteiger partial charge is 0.306 e. The van der Waals surface area contributed by atoms with Crippen molar-refractivity contribution in [1.29, 1.82) is 0 Å². The number of aliphatic carboxylic acids is 1. The van der Waals surface area contributed by atoms with Gasteiger partial charge in [0.2, 0.25) is 5.69 Å². The van der Waals surface area contributed by atoms with Crippen LogP contribution in [0.25, 0.3) is 4.85 Å². The van der Waals surface area contributed by atoms with Gasteiger partial charge in [0.1, 0.15) is 5.75 Å². The average molecular weight is 280 g/mol. The number of halogens is 1. The second kappa shape index (κ2) is 5.94. The topological polar surface area (TPSA) is 50.9 Å². The van der Waals surface area contributed by atoms with Crippen molar-refractivity contribution in [2.45, 2.75) is 31.8 Å². The summed E-state index contributed by atoms with van der Waals surface area (Å²) in [5.74, 6) is -0.327. The van der Waals surface area contributed by atoms with Crippen LogP contribution in [0.2, 0.25) is 5.02 Å². The third-order valence-corrected chi connectivity index (χ3v) is 3.67. The van der Waals surface area contributed by atoms with Gasteiger partial charge in [-0.3, -0.25) is 4.79 Å². The molecular formula is C14H14ClNO3. The molecule has 1 aromatic rings. The van der Waals surface area contributed by atoms with Crippen molar-refractivity contribution in [3.05, 3.63) is 34.6 Å². The zero-order valence-electron chi connectivity index (χ0n) is 10.3. The SMILES string of the molecule is [C-]#[N+]c1ccc(OC2CCC(C(=O)O)CC2)cc1Cl. The molecule has 1 aliphatic rings. The highest BCUT2D eigenvalue weighted by molar-refractivity contribution is 6.33. The molecule has 5 heteroatoms. The molecule has 1 aromatic carbocycles. The third kappa shape index (κ3) is 3.39. The third-order valence-electron chi connectivity index (χ3n) is 3.37. The summed E-state index contributed by atoms with van der Waals surface area (Å²) in [6.45, 7) is 6.91. The van der Waals surface area contributed by atoms with Crippen molar-refractivity contribution in [3.63, 3.8) is 0 Å². The van der Waals surface area contributed by atoms with E-state index >= 15 is 0 Å². The number of benzene rings is 1. The van der Waals surface area contributed by atoms with Crippen LogP contribution in [0.5, 0.6) is 5.75 Å². The lowest BCUT2D eigenvalue weighted by molar-refractivity contribution is -0.143. The molecule has 0 bridgehead atoms. The fourth-order valence-corrected chi connectivity index (χ4v) is 2.48. The lowest BCUT2D eigenvalue weighted by Gasteiger charge is -2.26. The maximum atomic E-state index is 10.8. The molecular weight excluding hydrogens is 266 g/mol. The summed E-state index contributed by atoms with van der Waals surface area (Å²) < 4.78 is 5.78. The first-order valence-electron chi connectivity index (χ1n) is 6.16. The van der Waals surface area contributed by atoms with E-state index in [9.17, 15) is 4.79 Å². The molecule has 0 aromatic heterocycles. The summed E-state index contributed by atoms with van der Waals surface area (Å²) in [6, 6.07) is 4.99. The van der Waals surface area contributed by atoms with Crippen LogP contribution in [0.1, 0.15) is 25.7 Å². The highest BCUT2D eigenvalue weighted by Crippen LogP contribution is 2.32. The minimum absolute atomic E-state index is 0.0328. The van der Waals surface area contributed by atoms with Gasteiger partial charge in [0.05, 0.1) is 23.6 Å². The summed E-state index contributed by atoms with van der Waals surface area (Å²) in [6.07, 6.45) is 2.80. The molecule has 19 heavy (non-hydrogen) atoms. The molecule has 4 nitrogen and oxygen atoms in total. The number of carboxylic acids is 1. The maximum absolute atomic E-state index is 10.8. The van der Waals surface area contributed by atoms with E-state index in [-0.39, 0.29) is 12.0 Å². The second-order valence-corrected chi connectivity index (χ2v) is 5.06. The Balaban J connectivity index is 1.94. The number of carboxylic acid groups (broad SMARTS) is 1. The Bertz CT molecular complexity index is 516. The van der Waals surface area contributed by atoms with E-state index in [0.29, 0.717) is 29.3 Å². The molecule has 0 atom stereocenters. The van der Waals surface area contributed by atoms with Gasteiger partial charge < -0.3 is 9.84 Å². The van der Waals surface area contributed by atoms with Crippen LogP contribution in [0.4, 0.5) is 5.69 Å². The standard InChI is InChI=1S/C14H14ClNO3/c1-16-13-7-6-11(8-12(13)15)19-10-4-2-9(3-5-10)14(17)18/h6-10H,2-5H2,(H,17,18). The van der Waals surface area contributed by atoms with Gasteiger partial charge in [0.15, 0.2) is 0 Å². The molecule has 1 N–H and O–H groups in total. The fraction of sp³-hybridized carbons (Fsp3) is 0.429. The number of nitrogens with zero attached hydrogens (tertiary/aromatic N) is 1. The van der Waals surface area contributed by atoms with E-state index < -0.39 is 5.97 Å². The molecule has 0 aliphatic heterocycles. The Hall–Kier alpha value is -1.73. The Morgan fingerprint density at radius 3 is 2.58 bits per heavy atom. The summed E-state index contributed by atoms with van der Waals surface area (Å²) in [5, 5.41) is 9.30. The van der Waals surface area contributed by atoms with Gasteiger partial charge in [0.25, 0.3) is 0 Å². The normalized spacial score (nSPS) is 22.5. The summed E-state index contributed by atoms with van der Waals surface area (Å²) >= 11 is 5.94. The second-order valence-electron chi connectivity index (χ2n) is 4.65. The quantitative estimate of drug-likeness (QED) is 0.854. The zero-order chi connectivity index (χ0) is 13.8. The van der Waals surface area contributed by atoms with Crippen molar-refractivity contribution in [2.75, 3.05) is 0 Å². The van der Waals surface area contributed by atoms with Crippen molar-refractivity contribution in [3.8, 4) is 5.75 Å². The summed E-state index contributed by atoms with van der Waals surface area (Å²) in [4.78, 5) is 14.1. The van der Waals surface area contributed by atoms with E-state index in [1.54, 1.807) is 18.2 Å². The number of ether oxygens (including phenoxy) is 1. The van der Waals surface area contributed by atoms with E-state index in [2.05, 4.69) is 4.85 Å². The molecule has 2 rings (SSSR count). The predicted octanol–water partition coefficient (Wildman–Crippen LogP) is 3.91. The van der Waals surface area contributed by atoms with Crippen LogP contribution in [-0.2, 0) is 4.79 Å². The van der Waals surface area contributed by atoms with Gasteiger partial charge in [-0.2, -0.15) is 0 Å². The fourth-order valence-electron chi connectivity index (χ4n) is 2.27. The first kappa shape index (κ1) is 13.7. The first-order valence-corrected chi connectivity index (χ1v) is 6.54. The minimum Gasteiger partial charge on any atom is -0.490 e. The number of carbonyl (C=O) groups is 1. The van der Waals surface area contributed by atoms with Crippen LogP contribution >= 0.6 is 11.6 Å². The molecule has 1 saturated carbocycles. The highest BCUT2D eigenvalue weighted by Gasteiger charge is 2.26. The van der Waals surface area contributed by atoms with E-state index in [1.165, 1.54) is 0 Å². The van der Waals surface area contributed by atoms with E-state index in [0.717, 1.165) is 12.8 Å². The van der Waals surface area contributed by atoms with Crippen LogP contribution in [0.15, 0.2) is 18.2 Å². The van der Waals surface area contributed by atoms with Crippen LogP contribution < -0.4 is 4.74 Å². The predicted molar refractivity (Wildman–Crippen MR) is 71.7 cm³/mol. The molecule has 0 unspecified atom stereocenters. The van der Waals surface area contributed by atoms with Crippen molar-refractivity contribution in [1.82, 2.24) is 0 Å². The molecule has 1 fully saturated rings. The van der Waals surface area contributed by atoms with Crippen molar-refractivity contribution < 1.29 is 14.6 Å². The van der Waals surface area contributed by atoms with Gasteiger partial charge in [-0.05, 0) is 37.8 Å². The Labute approximate surface area is 116 Å². The molecule has 1 aliphatic carbocycles. The van der Waals surface area contributed by atoms with Gasteiger partial charge >= 0.3 is 5.97 Å². The van der Waals surface area contributed by atoms with Gasteiger partial charge in [-0.25, -0.2) is 4.85 Å². The van der Waals surface area contributed by atoms with Crippen LogP contribution in [0, 0.1) is 12.5 Å². The van der Waals surface area contributed by atoms with Crippen LogP contribution in [-0.4, -0.2) is 17.2 Å². The monoisotopic (exact) mass is 279 g/mol. The average Bonchev–Trinajstić information content (AvgIpc) is 2.39. The summed E-state index contributed by atoms with van der Waals surface area (Å²) in [7, 11) is 0. The van der Waals surface area contributed by atoms with Gasteiger partial charge in [-0.15, -0.1) is 0 Å². The lowest BCUT2D eigenvalue weighted by Crippen LogP contribution is -2.27. The van der Waals surface area contributed by atoms with Gasteiger partial charge in [-0.1, -0.05) is 17.7 Å². The minimum atomic E-state index is -0.720. The first-order chi connectivity index (χ1) is 9.10. The molecule has 100 valence electrons. The van der Waals surface area contributed by atoms with E-state index in [4.69, 9.17) is 28.0 Å². The Morgan fingerprint density at radius 2 is 2.05 bits per heavy atom. The number of rotatable bonds is 3. The molecule has 0 spiro atoms. The Kier molecular flexibility index (Phi) is 4.28. The maximum Gasteiger partial charge on any atom is 0.306 e. The Morgan fingerprint density at radius 1 is 1.37 bits per heavy atom. The molecule has 0 saturated heterocycles.